The van der Waals surface area contributed by atoms with E-state index in [-0.39, 0.29) is 9.37 Å². The van der Waals surface area contributed by atoms with E-state index in [1.54, 1.807) is 0 Å². The van der Waals surface area contributed by atoms with Gasteiger partial charge in [-0.2, -0.15) is 4.31 Å². The highest BCUT2D eigenvalue weighted by Gasteiger charge is 2.30. The number of likely N-dealkylation sites (N-methyl/N-ethyl adjacent to an activating group) is 1. The molecule has 1 unspecified atom stereocenters. The van der Waals surface area contributed by atoms with Crippen LogP contribution in [-0.2, 0) is 14.8 Å². The van der Waals surface area contributed by atoms with Gasteiger partial charge in [0.05, 0.1) is 4.90 Å². The molecule has 0 spiro atoms. The Hall–Kier alpha value is -0.990. The van der Waals surface area contributed by atoms with Crippen LogP contribution in [0.25, 0.3) is 0 Å². The van der Waals surface area contributed by atoms with Crippen LogP contribution in [0.5, 0.6) is 0 Å². The minimum absolute atomic E-state index is 0.0481. The van der Waals surface area contributed by atoms with E-state index in [1.807, 2.05) is 0 Å². The second-order valence-corrected chi connectivity index (χ2v) is 6.43. The maximum Gasteiger partial charge on any atom is 0.321 e. The van der Waals surface area contributed by atoms with E-state index in [4.69, 9.17) is 5.11 Å². The Bertz CT molecular complexity index is 575. The first-order chi connectivity index (χ1) is 8.17. The number of halogens is 2. The van der Waals surface area contributed by atoms with Crippen molar-refractivity contribution in [1.82, 2.24) is 4.31 Å². The molecule has 0 amide bonds. The van der Waals surface area contributed by atoms with Gasteiger partial charge < -0.3 is 5.11 Å². The molecule has 18 heavy (non-hydrogen) atoms. The molecule has 0 aliphatic heterocycles. The minimum Gasteiger partial charge on any atom is -0.480 e. The van der Waals surface area contributed by atoms with Gasteiger partial charge in [0, 0.05) is 11.5 Å². The van der Waals surface area contributed by atoms with Gasteiger partial charge >= 0.3 is 5.97 Å². The van der Waals surface area contributed by atoms with Crippen molar-refractivity contribution in [3.63, 3.8) is 0 Å². The molecule has 1 N–H and O–H groups in total. The van der Waals surface area contributed by atoms with Crippen LogP contribution in [0.15, 0.2) is 27.6 Å². The summed E-state index contributed by atoms with van der Waals surface area (Å²) in [5.74, 6) is -1.85. The van der Waals surface area contributed by atoms with Crippen LogP contribution < -0.4 is 0 Å². The van der Waals surface area contributed by atoms with E-state index in [2.05, 4.69) is 15.9 Å². The number of hydrogen-bond donors (Lipinski definition) is 1. The highest BCUT2D eigenvalue weighted by atomic mass is 79.9. The van der Waals surface area contributed by atoms with E-state index in [1.165, 1.54) is 6.92 Å². The van der Waals surface area contributed by atoms with Crippen molar-refractivity contribution in [2.75, 3.05) is 7.05 Å². The molecular formula is C10H11BrFNO4S. The lowest BCUT2D eigenvalue weighted by molar-refractivity contribution is -0.140. The fourth-order valence-electron chi connectivity index (χ4n) is 1.20. The Morgan fingerprint density at radius 1 is 1.50 bits per heavy atom. The second kappa shape index (κ2) is 5.33. The predicted molar refractivity (Wildman–Crippen MR) is 66.1 cm³/mol. The Balaban J connectivity index is 3.25. The third-order valence-electron chi connectivity index (χ3n) is 2.45. The summed E-state index contributed by atoms with van der Waals surface area (Å²) in [5.41, 5.74) is 0. The second-order valence-electron chi connectivity index (χ2n) is 3.61. The number of nitrogens with zero attached hydrogens (tertiary/aromatic N) is 1. The van der Waals surface area contributed by atoms with Crippen molar-refractivity contribution in [1.29, 1.82) is 0 Å². The highest BCUT2D eigenvalue weighted by molar-refractivity contribution is 9.10. The molecule has 100 valence electrons. The van der Waals surface area contributed by atoms with E-state index in [0.717, 1.165) is 25.2 Å². The van der Waals surface area contributed by atoms with E-state index in [9.17, 15) is 17.6 Å². The van der Waals surface area contributed by atoms with Crippen LogP contribution >= 0.6 is 15.9 Å². The van der Waals surface area contributed by atoms with E-state index < -0.39 is 27.9 Å². The van der Waals surface area contributed by atoms with Gasteiger partial charge in [-0.3, -0.25) is 4.79 Å². The van der Waals surface area contributed by atoms with Crippen molar-refractivity contribution in [2.24, 2.45) is 0 Å². The third-order valence-corrected chi connectivity index (χ3v) is 5.36. The predicted octanol–water partition coefficient (Wildman–Crippen LogP) is 1.68. The van der Waals surface area contributed by atoms with Crippen LogP contribution in [0, 0.1) is 5.82 Å². The van der Waals surface area contributed by atoms with Gasteiger partial charge in [0.25, 0.3) is 0 Å². The summed E-state index contributed by atoms with van der Waals surface area (Å²) >= 11 is 2.94. The first-order valence-electron chi connectivity index (χ1n) is 4.84. The van der Waals surface area contributed by atoms with Crippen LogP contribution in [0.4, 0.5) is 4.39 Å². The van der Waals surface area contributed by atoms with Gasteiger partial charge in [-0.1, -0.05) is 0 Å². The standard InChI is InChI=1S/C10H11BrFNO4S/c1-6(10(14)15)13(2)18(16,17)9-4-3-7(12)5-8(9)11/h3-6H,1-2H3,(H,14,15). The lowest BCUT2D eigenvalue weighted by Gasteiger charge is -2.21. The number of sulfonamides is 1. The molecule has 0 fully saturated rings. The molecule has 0 heterocycles. The smallest absolute Gasteiger partial charge is 0.321 e. The quantitative estimate of drug-likeness (QED) is 0.905. The molecule has 0 aromatic heterocycles. The monoisotopic (exact) mass is 339 g/mol. The van der Waals surface area contributed by atoms with Gasteiger partial charge in [-0.25, -0.2) is 12.8 Å². The molecule has 0 bridgehead atoms. The SMILES string of the molecule is CC(C(=O)O)N(C)S(=O)(=O)c1ccc(F)cc1Br. The summed E-state index contributed by atoms with van der Waals surface area (Å²) in [7, 11) is -2.84. The van der Waals surface area contributed by atoms with E-state index in [0.29, 0.717) is 4.31 Å². The van der Waals surface area contributed by atoms with Crippen LogP contribution in [0.1, 0.15) is 6.92 Å². The molecule has 5 nitrogen and oxygen atoms in total. The molecule has 1 rings (SSSR count). The fraction of sp³-hybridized carbons (Fsp3) is 0.300. The molecular weight excluding hydrogens is 329 g/mol. The maximum atomic E-state index is 12.9. The number of carboxylic acid groups (broad SMARTS) is 1. The van der Waals surface area contributed by atoms with Crippen molar-refractivity contribution in [3.8, 4) is 0 Å². The number of benzene rings is 1. The first kappa shape index (κ1) is 15.1. The summed E-state index contributed by atoms with van der Waals surface area (Å²) in [6.45, 7) is 1.25. The van der Waals surface area contributed by atoms with E-state index >= 15 is 0 Å². The lowest BCUT2D eigenvalue weighted by Crippen LogP contribution is -2.40. The summed E-state index contributed by atoms with van der Waals surface area (Å²) in [6, 6.07) is 1.87. The zero-order chi connectivity index (χ0) is 14.1. The molecule has 1 aromatic rings. The molecule has 0 saturated carbocycles. The number of rotatable bonds is 4. The largest absolute Gasteiger partial charge is 0.480 e. The zero-order valence-corrected chi connectivity index (χ0v) is 12.0. The summed E-state index contributed by atoms with van der Waals surface area (Å²) < 4.78 is 37.9. The van der Waals surface area contributed by atoms with Crippen LogP contribution in [0.2, 0.25) is 0 Å². The molecule has 0 saturated heterocycles. The highest BCUT2D eigenvalue weighted by Crippen LogP contribution is 2.26. The lowest BCUT2D eigenvalue weighted by atomic mass is 10.3. The Morgan fingerprint density at radius 3 is 2.50 bits per heavy atom. The summed E-state index contributed by atoms with van der Waals surface area (Å²) in [5, 5.41) is 8.80. The molecule has 1 aromatic carbocycles. The fourth-order valence-corrected chi connectivity index (χ4v) is 3.53. The summed E-state index contributed by atoms with van der Waals surface area (Å²) in [4.78, 5) is 10.6. The van der Waals surface area contributed by atoms with Gasteiger partial charge in [-0.15, -0.1) is 0 Å². The number of carbonyl (C=O) groups is 1. The van der Waals surface area contributed by atoms with Crippen LogP contribution in [0.3, 0.4) is 0 Å². The van der Waals surface area contributed by atoms with Crippen LogP contribution in [-0.4, -0.2) is 36.9 Å². The topological polar surface area (TPSA) is 74.7 Å². The van der Waals surface area contributed by atoms with Gasteiger partial charge in [-0.05, 0) is 41.1 Å². The van der Waals surface area contributed by atoms with Crippen molar-refractivity contribution in [2.45, 2.75) is 17.9 Å². The molecule has 0 radical (unpaired) electrons. The number of aliphatic carboxylic acids is 1. The Labute approximate surface area is 112 Å². The van der Waals surface area contributed by atoms with Gasteiger partial charge in [0.2, 0.25) is 10.0 Å². The maximum absolute atomic E-state index is 12.9. The van der Waals surface area contributed by atoms with Crippen molar-refractivity contribution < 1.29 is 22.7 Å². The average Bonchev–Trinajstić information content (AvgIpc) is 2.26. The normalized spacial score (nSPS) is 13.6. The van der Waals surface area contributed by atoms with Gasteiger partial charge in [0.15, 0.2) is 0 Å². The minimum atomic E-state index is -3.99. The molecule has 0 aliphatic rings. The summed E-state index contributed by atoms with van der Waals surface area (Å²) in [6.07, 6.45) is 0. The first-order valence-corrected chi connectivity index (χ1v) is 7.07. The molecule has 1 atom stereocenters. The molecule has 0 aliphatic carbocycles. The van der Waals surface area contributed by atoms with Crippen molar-refractivity contribution >= 4 is 31.9 Å². The third kappa shape index (κ3) is 2.88. The Morgan fingerprint density at radius 2 is 2.06 bits per heavy atom. The van der Waals surface area contributed by atoms with Crippen molar-refractivity contribution in [3.05, 3.63) is 28.5 Å². The zero-order valence-electron chi connectivity index (χ0n) is 9.59. The Kier molecular flexibility index (Phi) is 4.46. The molecule has 8 heteroatoms. The average molecular weight is 340 g/mol. The van der Waals surface area contributed by atoms with Gasteiger partial charge in [0.1, 0.15) is 11.9 Å². The number of carboxylic acids is 1. The number of hydrogen-bond acceptors (Lipinski definition) is 3.